The number of fused-ring (bicyclic) bond motifs is 1. The summed E-state index contributed by atoms with van der Waals surface area (Å²) in [5.41, 5.74) is 2.89. The van der Waals surface area contributed by atoms with Gasteiger partial charge in [0.05, 0.1) is 29.6 Å². The van der Waals surface area contributed by atoms with E-state index in [4.69, 9.17) is 4.74 Å². The molecule has 0 amide bonds. The van der Waals surface area contributed by atoms with Crippen molar-refractivity contribution in [1.29, 1.82) is 5.26 Å². The van der Waals surface area contributed by atoms with Gasteiger partial charge in [0.2, 0.25) is 0 Å². The molecule has 3 aromatic heterocycles. The van der Waals surface area contributed by atoms with Crippen molar-refractivity contribution >= 4 is 11.3 Å². The van der Waals surface area contributed by atoms with E-state index in [1.165, 1.54) is 0 Å². The van der Waals surface area contributed by atoms with E-state index in [2.05, 4.69) is 26.4 Å². The fourth-order valence-electron chi connectivity index (χ4n) is 3.40. The van der Waals surface area contributed by atoms with Gasteiger partial charge in [-0.05, 0) is 32.0 Å². The van der Waals surface area contributed by atoms with Crippen LogP contribution in [0.5, 0.6) is 5.75 Å². The summed E-state index contributed by atoms with van der Waals surface area (Å²) in [7, 11) is 0. The average Bonchev–Trinajstić information content (AvgIpc) is 3.17. The molecule has 1 aliphatic heterocycles. The van der Waals surface area contributed by atoms with Crippen molar-refractivity contribution in [2.24, 2.45) is 0 Å². The van der Waals surface area contributed by atoms with Crippen LogP contribution in [0.15, 0.2) is 36.8 Å². The molecule has 0 radical (unpaired) electrons. The fraction of sp³-hybridized carbons (Fsp3) is 0.381. The molecular weight excluding hydrogens is 368 g/mol. The zero-order chi connectivity index (χ0) is 20.4. The molecule has 4 rings (SSSR count). The number of nitrogens with zero attached hydrogens (tertiary/aromatic N) is 5. The van der Waals surface area contributed by atoms with Gasteiger partial charge in [-0.25, -0.2) is 9.50 Å². The summed E-state index contributed by atoms with van der Waals surface area (Å²) in [6.07, 6.45) is 4.11. The Morgan fingerprint density at radius 1 is 1.24 bits per heavy atom. The van der Waals surface area contributed by atoms with Crippen molar-refractivity contribution in [2.45, 2.75) is 26.1 Å². The Labute approximate surface area is 169 Å². The molecule has 0 aromatic carbocycles. The summed E-state index contributed by atoms with van der Waals surface area (Å²) < 4.78 is 7.52. The maximum atomic E-state index is 9.77. The lowest BCUT2D eigenvalue weighted by molar-refractivity contribution is 0.0601. The normalized spacial score (nSPS) is 16.4. The molecule has 1 saturated heterocycles. The maximum absolute atomic E-state index is 9.77. The lowest BCUT2D eigenvalue weighted by Crippen LogP contribution is -2.43. The van der Waals surface area contributed by atoms with Gasteiger partial charge in [-0.1, -0.05) is 0 Å². The van der Waals surface area contributed by atoms with E-state index < -0.39 is 6.10 Å². The number of rotatable bonds is 5. The van der Waals surface area contributed by atoms with Crippen molar-refractivity contribution in [1.82, 2.24) is 19.9 Å². The smallest absolute Gasteiger partial charge is 0.138 e. The number of aliphatic hydroxyl groups excluding tert-OH is 1. The van der Waals surface area contributed by atoms with E-state index in [1.807, 2.05) is 31.3 Å². The molecule has 2 atom stereocenters. The number of anilines is 1. The van der Waals surface area contributed by atoms with Gasteiger partial charge < -0.3 is 20.1 Å². The van der Waals surface area contributed by atoms with Gasteiger partial charge >= 0.3 is 0 Å². The van der Waals surface area contributed by atoms with E-state index in [9.17, 15) is 10.4 Å². The third-order valence-corrected chi connectivity index (χ3v) is 5.21. The second-order valence-corrected chi connectivity index (χ2v) is 7.26. The van der Waals surface area contributed by atoms with Crippen molar-refractivity contribution in [3.63, 3.8) is 0 Å². The molecule has 2 N–H and O–H groups in total. The Morgan fingerprint density at radius 3 is 2.69 bits per heavy atom. The molecule has 0 saturated carbocycles. The zero-order valence-corrected chi connectivity index (χ0v) is 16.5. The standard InChI is InChI=1S/C21H24N6O2/c1-14(28)15(2)29-18-9-19(21-17(10-22)12-25-27(21)13-18)16-3-4-20(24-11-16)26-7-5-23-6-8-26/h3-4,9,11-15,23,28H,5-8H2,1-2H3/t14?,15-/m0/s1. The molecule has 4 heterocycles. The summed E-state index contributed by atoms with van der Waals surface area (Å²) in [6, 6.07) is 8.09. The van der Waals surface area contributed by atoms with E-state index in [0.717, 1.165) is 43.1 Å². The summed E-state index contributed by atoms with van der Waals surface area (Å²) in [5, 5.41) is 26.9. The molecule has 0 spiro atoms. The van der Waals surface area contributed by atoms with Crippen LogP contribution in [-0.4, -0.2) is 58.1 Å². The Morgan fingerprint density at radius 2 is 2.03 bits per heavy atom. The van der Waals surface area contributed by atoms with Crippen molar-refractivity contribution in [2.75, 3.05) is 31.1 Å². The van der Waals surface area contributed by atoms with Crippen LogP contribution in [0.3, 0.4) is 0 Å². The first kappa shape index (κ1) is 19.2. The lowest BCUT2D eigenvalue weighted by Gasteiger charge is -2.28. The van der Waals surface area contributed by atoms with Crippen LogP contribution < -0.4 is 15.0 Å². The number of pyridine rings is 2. The molecule has 29 heavy (non-hydrogen) atoms. The Balaban J connectivity index is 1.74. The number of piperazine rings is 1. The largest absolute Gasteiger partial charge is 0.486 e. The fourth-order valence-corrected chi connectivity index (χ4v) is 3.40. The monoisotopic (exact) mass is 392 g/mol. The third-order valence-electron chi connectivity index (χ3n) is 5.21. The molecule has 8 heteroatoms. The molecular formula is C21H24N6O2. The van der Waals surface area contributed by atoms with Gasteiger partial charge in [0, 0.05) is 43.5 Å². The Bertz CT molecular complexity index is 1030. The van der Waals surface area contributed by atoms with Gasteiger partial charge in [-0.3, -0.25) is 0 Å². The third kappa shape index (κ3) is 3.88. The van der Waals surface area contributed by atoms with Crippen LogP contribution in [-0.2, 0) is 0 Å². The van der Waals surface area contributed by atoms with Crippen molar-refractivity contribution in [3.8, 4) is 22.9 Å². The molecule has 1 unspecified atom stereocenters. The number of ether oxygens (including phenoxy) is 1. The van der Waals surface area contributed by atoms with Crippen molar-refractivity contribution in [3.05, 3.63) is 42.4 Å². The van der Waals surface area contributed by atoms with Crippen molar-refractivity contribution < 1.29 is 9.84 Å². The molecule has 0 bridgehead atoms. The minimum Gasteiger partial charge on any atom is -0.486 e. The highest BCUT2D eigenvalue weighted by Gasteiger charge is 2.17. The maximum Gasteiger partial charge on any atom is 0.138 e. The van der Waals surface area contributed by atoms with Crippen LogP contribution in [0.2, 0.25) is 0 Å². The quantitative estimate of drug-likeness (QED) is 0.683. The first-order valence-electron chi connectivity index (χ1n) is 9.75. The summed E-state index contributed by atoms with van der Waals surface area (Å²) >= 11 is 0. The highest BCUT2D eigenvalue weighted by atomic mass is 16.5. The number of aromatic nitrogens is 3. The summed E-state index contributed by atoms with van der Waals surface area (Å²) in [5.74, 6) is 1.51. The van der Waals surface area contributed by atoms with Crippen LogP contribution in [0.1, 0.15) is 19.4 Å². The van der Waals surface area contributed by atoms with E-state index >= 15 is 0 Å². The minimum absolute atomic E-state index is 0.375. The Kier molecular flexibility index (Phi) is 5.34. The van der Waals surface area contributed by atoms with Crippen LogP contribution in [0.25, 0.3) is 16.6 Å². The predicted molar refractivity (Wildman–Crippen MR) is 110 cm³/mol. The lowest BCUT2D eigenvalue weighted by atomic mass is 10.1. The number of aliphatic hydroxyl groups is 1. The molecule has 150 valence electrons. The van der Waals surface area contributed by atoms with Gasteiger partial charge in [-0.15, -0.1) is 0 Å². The van der Waals surface area contributed by atoms with Gasteiger partial charge in [-0.2, -0.15) is 10.4 Å². The summed E-state index contributed by atoms with van der Waals surface area (Å²) in [4.78, 5) is 6.90. The molecule has 0 aliphatic carbocycles. The molecule has 8 nitrogen and oxygen atoms in total. The summed E-state index contributed by atoms with van der Waals surface area (Å²) in [6.45, 7) is 7.25. The Hall–Kier alpha value is -3.15. The first-order chi connectivity index (χ1) is 14.1. The van der Waals surface area contributed by atoms with E-state index in [1.54, 1.807) is 23.8 Å². The average molecular weight is 392 g/mol. The highest BCUT2D eigenvalue weighted by Crippen LogP contribution is 2.31. The van der Waals surface area contributed by atoms with Gasteiger partial charge in [0.15, 0.2) is 0 Å². The zero-order valence-electron chi connectivity index (χ0n) is 16.5. The molecule has 3 aromatic rings. The second-order valence-electron chi connectivity index (χ2n) is 7.26. The SMILES string of the molecule is CC(O)[C@H](C)Oc1cc(-c2ccc(N3CCNCC3)nc2)c2c(C#N)cnn2c1. The topological polar surface area (TPSA) is 98.7 Å². The van der Waals surface area contributed by atoms with Crippen LogP contribution in [0, 0.1) is 11.3 Å². The number of nitrogens with one attached hydrogen (secondary N) is 1. The second kappa shape index (κ2) is 8.07. The molecule has 1 aliphatic rings. The first-order valence-corrected chi connectivity index (χ1v) is 9.75. The minimum atomic E-state index is -0.610. The van der Waals surface area contributed by atoms with E-state index in [0.29, 0.717) is 16.8 Å². The van der Waals surface area contributed by atoms with E-state index in [-0.39, 0.29) is 6.10 Å². The number of hydrogen-bond donors (Lipinski definition) is 2. The number of hydrogen-bond acceptors (Lipinski definition) is 7. The van der Waals surface area contributed by atoms with Gasteiger partial charge in [0.25, 0.3) is 0 Å². The van der Waals surface area contributed by atoms with Crippen LogP contribution in [0.4, 0.5) is 5.82 Å². The highest BCUT2D eigenvalue weighted by molar-refractivity contribution is 5.85. The van der Waals surface area contributed by atoms with Gasteiger partial charge in [0.1, 0.15) is 23.7 Å². The number of nitriles is 1. The predicted octanol–water partition coefficient (Wildman–Crippen LogP) is 1.83. The van der Waals surface area contributed by atoms with Crippen LogP contribution >= 0.6 is 0 Å². The molecule has 1 fully saturated rings.